The van der Waals surface area contributed by atoms with E-state index < -0.39 is 0 Å². The summed E-state index contributed by atoms with van der Waals surface area (Å²) in [7, 11) is 0. The smallest absolute Gasteiger partial charge is 0.315 e. The van der Waals surface area contributed by atoms with Crippen LogP contribution in [-0.2, 0) is 6.42 Å². The summed E-state index contributed by atoms with van der Waals surface area (Å²) in [4.78, 5) is 15.0. The lowest BCUT2D eigenvalue weighted by Crippen LogP contribution is -2.49. The van der Waals surface area contributed by atoms with Crippen LogP contribution in [0, 0.1) is 18.7 Å². The molecule has 3 N–H and O–H groups in total. The first-order valence-corrected chi connectivity index (χ1v) is 7.94. The molecular formula is C17H21F2N3O. The van der Waals surface area contributed by atoms with E-state index in [2.05, 4.69) is 15.6 Å². The number of nitrogens with one attached hydrogen (secondary N) is 3. The molecule has 124 valence electrons. The van der Waals surface area contributed by atoms with Crippen molar-refractivity contribution in [3.63, 3.8) is 0 Å². The Balaban J connectivity index is 1.51. The first-order valence-electron chi connectivity index (χ1n) is 7.94. The van der Waals surface area contributed by atoms with Crippen LogP contribution in [0.2, 0.25) is 0 Å². The standard InChI is InChI=1S/C17H21F2N3O/c1-10-14(15-3-2-12(19)8-16(15)21-10)4-5-20-17(23)22-13-6-11(7-13)9-18/h2-3,8,11,13,21H,4-7,9H2,1H3,(H2,20,22,23). The van der Waals surface area contributed by atoms with Crippen LogP contribution in [-0.4, -0.2) is 30.3 Å². The summed E-state index contributed by atoms with van der Waals surface area (Å²) in [6.45, 7) is 2.13. The van der Waals surface area contributed by atoms with Gasteiger partial charge in [0.15, 0.2) is 0 Å². The number of halogens is 2. The fraction of sp³-hybridized carbons (Fsp3) is 0.471. The maximum Gasteiger partial charge on any atom is 0.315 e. The summed E-state index contributed by atoms with van der Waals surface area (Å²) in [6, 6.07) is 4.56. The molecule has 0 atom stereocenters. The molecule has 0 spiro atoms. The van der Waals surface area contributed by atoms with Gasteiger partial charge < -0.3 is 15.6 Å². The number of hydrogen-bond acceptors (Lipinski definition) is 1. The molecule has 1 aromatic heterocycles. The van der Waals surface area contributed by atoms with Crippen LogP contribution in [0.3, 0.4) is 0 Å². The van der Waals surface area contributed by atoms with Gasteiger partial charge in [-0.05, 0) is 55.9 Å². The van der Waals surface area contributed by atoms with Crippen molar-refractivity contribution in [2.24, 2.45) is 5.92 Å². The van der Waals surface area contributed by atoms with Crippen LogP contribution in [0.25, 0.3) is 10.9 Å². The highest BCUT2D eigenvalue weighted by atomic mass is 19.1. The van der Waals surface area contributed by atoms with Crippen LogP contribution < -0.4 is 10.6 Å². The van der Waals surface area contributed by atoms with Gasteiger partial charge >= 0.3 is 6.03 Å². The second-order valence-corrected chi connectivity index (χ2v) is 6.26. The number of benzene rings is 1. The molecule has 23 heavy (non-hydrogen) atoms. The van der Waals surface area contributed by atoms with E-state index >= 15 is 0 Å². The van der Waals surface area contributed by atoms with Crippen molar-refractivity contribution in [3.8, 4) is 0 Å². The van der Waals surface area contributed by atoms with Gasteiger partial charge in [-0.25, -0.2) is 9.18 Å². The Labute approximate surface area is 133 Å². The second kappa shape index (κ2) is 6.56. The molecule has 0 bridgehead atoms. The summed E-state index contributed by atoms with van der Waals surface area (Å²) in [5.74, 6) is -0.163. The van der Waals surface area contributed by atoms with Gasteiger partial charge in [0.2, 0.25) is 0 Å². The largest absolute Gasteiger partial charge is 0.358 e. The topological polar surface area (TPSA) is 56.9 Å². The summed E-state index contributed by atoms with van der Waals surface area (Å²) >= 11 is 0. The number of rotatable bonds is 5. The zero-order valence-corrected chi connectivity index (χ0v) is 13.1. The Kier molecular flexibility index (Phi) is 4.50. The molecule has 2 aromatic rings. The van der Waals surface area contributed by atoms with E-state index in [0.717, 1.165) is 35.0 Å². The van der Waals surface area contributed by atoms with Crippen molar-refractivity contribution in [3.05, 3.63) is 35.3 Å². The number of H-pyrrole nitrogens is 1. The van der Waals surface area contributed by atoms with Crippen molar-refractivity contribution in [1.82, 2.24) is 15.6 Å². The van der Waals surface area contributed by atoms with Gasteiger partial charge in [-0.15, -0.1) is 0 Å². The third-order valence-corrected chi connectivity index (χ3v) is 4.53. The Hall–Kier alpha value is -2.11. The highest BCUT2D eigenvalue weighted by molar-refractivity contribution is 5.84. The maximum atomic E-state index is 13.2. The number of carbonyl (C=O) groups is 1. The fourth-order valence-corrected chi connectivity index (χ4v) is 3.20. The average Bonchev–Trinajstić information content (AvgIpc) is 2.77. The van der Waals surface area contributed by atoms with Gasteiger partial charge in [-0.3, -0.25) is 4.39 Å². The average molecular weight is 321 g/mol. The van der Waals surface area contributed by atoms with E-state index in [0.29, 0.717) is 13.0 Å². The van der Waals surface area contributed by atoms with Gasteiger partial charge in [0.05, 0.1) is 6.67 Å². The number of carbonyl (C=O) groups excluding carboxylic acids is 1. The van der Waals surface area contributed by atoms with Crippen LogP contribution in [0.4, 0.5) is 13.6 Å². The second-order valence-electron chi connectivity index (χ2n) is 6.26. The minimum Gasteiger partial charge on any atom is -0.358 e. The number of alkyl halides is 1. The minimum absolute atomic E-state index is 0.0913. The predicted octanol–water partition coefficient (Wildman–Crippen LogP) is 3.21. The zero-order valence-electron chi connectivity index (χ0n) is 13.1. The Morgan fingerprint density at radius 2 is 2.17 bits per heavy atom. The van der Waals surface area contributed by atoms with Crippen LogP contribution in [0.1, 0.15) is 24.1 Å². The van der Waals surface area contributed by atoms with E-state index in [9.17, 15) is 13.6 Å². The summed E-state index contributed by atoms with van der Waals surface area (Å²) < 4.78 is 25.6. The van der Waals surface area contributed by atoms with E-state index in [1.807, 2.05) is 6.92 Å². The van der Waals surface area contributed by atoms with Gasteiger partial charge in [-0.2, -0.15) is 0 Å². The molecule has 0 aliphatic heterocycles. The minimum atomic E-state index is -0.305. The Bertz CT molecular complexity index is 707. The molecule has 4 nitrogen and oxygen atoms in total. The lowest BCUT2D eigenvalue weighted by atomic mass is 9.81. The molecule has 2 amide bonds. The van der Waals surface area contributed by atoms with E-state index in [4.69, 9.17) is 0 Å². The Morgan fingerprint density at radius 1 is 1.39 bits per heavy atom. The number of urea groups is 1. The van der Waals surface area contributed by atoms with E-state index in [1.165, 1.54) is 12.1 Å². The summed E-state index contributed by atoms with van der Waals surface area (Å²) in [6.07, 6.45) is 2.11. The third-order valence-electron chi connectivity index (χ3n) is 4.53. The van der Waals surface area contributed by atoms with Gasteiger partial charge in [0.25, 0.3) is 0 Å². The number of amides is 2. The third kappa shape index (κ3) is 3.46. The van der Waals surface area contributed by atoms with Crippen molar-refractivity contribution in [2.45, 2.75) is 32.2 Å². The van der Waals surface area contributed by atoms with Gasteiger partial charge in [0, 0.05) is 29.2 Å². The maximum absolute atomic E-state index is 13.2. The molecule has 6 heteroatoms. The summed E-state index contributed by atoms with van der Waals surface area (Å²) in [5.41, 5.74) is 2.84. The van der Waals surface area contributed by atoms with Crippen molar-refractivity contribution >= 4 is 16.9 Å². The van der Waals surface area contributed by atoms with E-state index in [1.54, 1.807) is 6.07 Å². The van der Waals surface area contributed by atoms with Crippen molar-refractivity contribution < 1.29 is 13.6 Å². The normalized spacial score (nSPS) is 20.3. The fourth-order valence-electron chi connectivity index (χ4n) is 3.20. The molecule has 1 aromatic carbocycles. The lowest BCUT2D eigenvalue weighted by molar-refractivity contribution is 0.177. The first-order chi connectivity index (χ1) is 11.1. The van der Waals surface area contributed by atoms with Crippen molar-refractivity contribution in [2.75, 3.05) is 13.2 Å². The number of fused-ring (bicyclic) bond motifs is 1. The number of aromatic amines is 1. The predicted molar refractivity (Wildman–Crippen MR) is 85.7 cm³/mol. The van der Waals surface area contributed by atoms with Crippen LogP contribution in [0.5, 0.6) is 0 Å². The first kappa shape index (κ1) is 15.8. The van der Waals surface area contributed by atoms with Crippen LogP contribution in [0.15, 0.2) is 18.2 Å². The molecule has 0 radical (unpaired) electrons. The monoisotopic (exact) mass is 321 g/mol. The highest BCUT2D eigenvalue weighted by Crippen LogP contribution is 2.27. The van der Waals surface area contributed by atoms with Gasteiger partial charge in [-0.1, -0.05) is 0 Å². The van der Waals surface area contributed by atoms with Crippen molar-refractivity contribution in [1.29, 1.82) is 0 Å². The number of aryl methyl sites for hydroxylation is 1. The molecule has 1 saturated carbocycles. The molecule has 1 aliphatic carbocycles. The highest BCUT2D eigenvalue weighted by Gasteiger charge is 2.29. The molecule has 1 fully saturated rings. The Morgan fingerprint density at radius 3 is 2.91 bits per heavy atom. The molecule has 0 unspecified atom stereocenters. The zero-order chi connectivity index (χ0) is 16.4. The van der Waals surface area contributed by atoms with E-state index in [-0.39, 0.29) is 30.5 Å². The van der Waals surface area contributed by atoms with Crippen LogP contribution >= 0.6 is 0 Å². The summed E-state index contributed by atoms with van der Waals surface area (Å²) in [5, 5.41) is 6.65. The van der Waals surface area contributed by atoms with Gasteiger partial charge in [0.1, 0.15) is 5.82 Å². The molecule has 0 saturated heterocycles. The molecule has 3 rings (SSSR count). The number of hydrogen-bond donors (Lipinski definition) is 3. The quantitative estimate of drug-likeness (QED) is 0.778. The molecule has 1 aliphatic rings. The SMILES string of the molecule is Cc1[nH]c2cc(F)ccc2c1CCNC(=O)NC1CC(CF)C1. The number of aromatic nitrogens is 1. The lowest BCUT2D eigenvalue weighted by Gasteiger charge is -2.33. The molecule has 1 heterocycles. The molecular weight excluding hydrogens is 300 g/mol.